The minimum atomic E-state index is -0.382. The van der Waals surface area contributed by atoms with Crippen molar-refractivity contribution >= 4 is 11.9 Å². The number of carbonyl (C=O) groups excluding carboxylic acids is 2. The molecule has 1 aromatic carbocycles. The van der Waals surface area contributed by atoms with Gasteiger partial charge in [0.05, 0.1) is 5.41 Å². The third-order valence-corrected chi connectivity index (χ3v) is 6.71. The Morgan fingerprint density at radius 2 is 1.72 bits per heavy atom. The molecule has 134 valence electrons. The molecule has 0 saturated heterocycles. The highest BCUT2D eigenvalue weighted by Gasteiger charge is 2.61. The highest BCUT2D eigenvalue weighted by atomic mass is 16.5. The van der Waals surface area contributed by atoms with Crippen LogP contribution in [0.15, 0.2) is 30.3 Å². The van der Waals surface area contributed by atoms with E-state index in [2.05, 4.69) is 30.3 Å². The summed E-state index contributed by atoms with van der Waals surface area (Å²) in [5.41, 5.74) is 1.12. The summed E-state index contributed by atoms with van der Waals surface area (Å²) in [4.78, 5) is 26.3. The van der Waals surface area contributed by atoms with E-state index >= 15 is 0 Å². The number of hydrogen-bond donors (Lipinski definition) is 0. The van der Waals surface area contributed by atoms with E-state index < -0.39 is 0 Å². The molecule has 0 heterocycles. The molecule has 4 fully saturated rings. The van der Waals surface area contributed by atoms with Gasteiger partial charge in [-0.3, -0.25) is 9.59 Å². The fraction of sp³-hybridized carbons (Fsp3) is 0.619. The average Bonchev–Trinajstić information content (AvgIpc) is 2.59. The first-order chi connectivity index (χ1) is 11.9. The highest BCUT2D eigenvalue weighted by Crippen LogP contribution is 2.66. The van der Waals surface area contributed by atoms with E-state index in [1.807, 2.05) is 0 Å². The Balaban J connectivity index is 1.58. The molecule has 4 bridgehead atoms. The second kappa shape index (κ2) is 5.86. The lowest BCUT2D eigenvalue weighted by molar-refractivity contribution is -0.176. The van der Waals surface area contributed by atoms with E-state index in [1.54, 1.807) is 14.1 Å². The van der Waals surface area contributed by atoms with Gasteiger partial charge in [-0.1, -0.05) is 30.3 Å². The monoisotopic (exact) mass is 341 g/mol. The zero-order valence-corrected chi connectivity index (χ0v) is 15.2. The average molecular weight is 341 g/mol. The van der Waals surface area contributed by atoms with E-state index in [9.17, 15) is 9.59 Å². The summed E-state index contributed by atoms with van der Waals surface area (Å²) >= 11 is 0. The fourth-order valence-electron chi connectivity index (χ4n) is 6.04. The van der Waals surface area contributed by atoms with Crippen LogP contribution in [-0.2, 0) is 19.7 Å². The van der Waals surface area contributed by atoms with E-state index in [0.29, 0.717) is 11.8 Å². The van der Waals surface area contributed by atoms with E-state index in [4.69, 9.17) is 4.74 Å². The van der Waals surface area contributed by atoms with Crippen LogP contribution in [0.4, 0.5) is 0 Å². The molecule has 25 heavy (non-hydrogen) atoms. The number of likely N-dealkylation sites (N-methyl/N-ethyl adjacent to an activating group) is 1. The van der Waals surface area contributed by atoms with Crippen LogP contribution < -0.4 is 0 Å². The van der Waals surface area contributed by atoms with Crippen LogP contribution in [0, 0.1) is 17.3 Å². The molecule has 0 aromatic heterocycles. The Bertz CT molecular complexity index is 668. The number of esters is 1. The molecule has 1 aromatic rings. The number of hydrogen-bond acceptors (Lipinski definition) is 3. The van der Waals surface area contributed by atoms with Crippen molar-refractivity contribution in [3.8, 4) is 0 Å². The van der Waals surface area contributed by atoms with Gasteiger partial charge in [0.2, 0.25) is 0 Å². The van der Waals surface area contributed by atoms with Crippen LogP contribution in [0.3, 0.4) is 0 Å². The van der Waals surface area contributed by atoms with Crippen LogP contribution in [0.25, 0.3) is 0 Å². The van der Waals surface area contributed by atoms with Gasteiger partial charge in [0, 0.05) is 14.1 Å². The van der Waals surface area contributed by atoms with Gasteiger partial charge in [0.25, 0.3) is 5.91 Å². The standard InChI is InChI=1S/C21H27NO3/c1-22(2)18(23)13-25-19(24)21-11-15-8-16(12-21)10-20(9-15,14-21)17-6-4-3-5-7-17/h3-7,15-16H,8-14H2,1-2H3/t15-,16+,20?,21?. The van der Waals surface area contributed by atoms with E-state index in [0.717, 1.165) is 19.3 Å². The summed E-state index contributed by atoms with van der Waals surface area (Å²) in [7, 11) is 3.37. The SMILES string of the molecule is CN(C)C(=O)COC(=O)C12C[C@H]3C[C@@H](C1)CC(c1ccccc1)(C3)C2. The lowest BCUT2D eigenvalue weighted by atomic mass is 9.43. The first-order valence-corrected chi connectivity index (χ1v) is 9.35. The van der Waals surface area contributed by atoms with Crippen molar-refractivity contribution in [1.82, 2.24) is 4.90 Å². The smallest absolute Gasteiger partial charge is 0.312 e. The van der Waals surface area contributed by atoms with Gasteiger partial charge in [-0.15, -0.1) is 0 Å². The van der Waals surface area contributed by atoms with Crippen LogP contribution in [0.1, 0.15) is 44.1 Å². The fourth-order valence-corrected chi connectivity index (χ4v) is 6.04. The topological polar surface area (TPSA) is 46.6 Å². The second-order valence-corrected chi connectivity index (χ2v) is 8.75. The molecule has 4 saturated carbocycles. The lowest BCUT2D eigenvalue weighted by Gasteiger charge is -2.61. The van der Waals surface area contributed by atoms with Crippen molar-refractivity contribution in [3.05, 3.63) is 35.9 Å². The van der Waals surface area contributed by atoms with Gasteiger partial charge in [0.1, 0.15) is 0 Å². The van der Waals surface area contributed by atoms with E-state index in [-0.39, 0.29) is 29.3 Å². The molecular formula is C21H27NO3. The molecule has 4 heteroatoms. The first kappa shape index (κ1) is 16.6. The predicted molar refractivity (Wildman–Crippen MR) is 94.9 cm³/mol. The largest absolute Gasteiger partial charge is 0.455 e. The summed E-state index contributed by atoms with van der Waals surface area (Å²) in [6, 6.07) is 10.7. The third kappa shape index (κ3) is 2.76. The number of ether oxygens (including phenoxy) is 1. The number of rotatable bonds is 4. The summed E-state index contributed by atoms with van der Waals surface area (Å²) in [6.07, 6.45) is 6.39. The molecular weight excluding hydrogens is 314 g/mol. The summed E-state index contributed by atoms with van der Waals surface area (Å²) in [6.45, 7) is -0.138. The van der Waals surface area contributed by atoms with Gasteiger partial charge in [-0.2, -0.15) is 0 Å². The Labute approximate surface area is 149 Å². The van der Waals surface area contributed by atoms with E-state index in [1.165, 1.54) is 29.7 Å². The Kier molecular flexibility index (Phi) is 3.89. The van der Waals surface area contributed by atoms with Crippen molar-refractivity contribution in [2.75, 3.05) is 20.7 Å². The quantitative estimate of drug-likeness (QED) is 0.791. The second-order valence-electron chi connectivity index (χ2n) is 8.75. The minimum absolute atomic E-state index is 0.121. The van der Waals surface area contributed by atoms with Crippen LogP contribution in [0.5, 0.6) is 0 Å². The van der Waals surface area contributed by atoms with Gasteiger partial charge < -0.3 is 9.64 Å². The Morgan fingerprint density at radius 1 is 1.08 bits per heavy atom. The van der Waals surface area contributed by atoms with Gasteiger partial charge in [0.15, 0.2) is 6.61 Å². The molecule has 4 aliphatic rings. The maximum absolute atomic E-state index is 13.0. The molecule has 5 rings (SSSR count). The predicted octanol–water partition coefficient (Wildman–Crippen LogP) is 3.16. The van der Waals surface area contributed by atoms with Crippen LogP contribution >= 0.6 is 0 Å². The molecule has 0 spiro atoms. The maximum Gasteiger partial charge on any atom is 0.312 e. The zero-order valence-electron chi connectivity index (χ0n) is 15.2. The minimum Gasteiger partial charge on any atom is -0.455 e. The zero-order chi connectivity index (χ0) is 17.7. The normalized spacial score (nSPS) is 35.4. The first-order valence-electron chi connectivity index (χ1n) is 9.35. The molecule has 4 aliphatic carbocycles. The van der Waals surface area contributed by atoms with Crippen molar-refractivity contribution in [1.29, 1.82) is 0 Å². The third-order valence-electron chi connectivity index (χ3n) is 6.71. The number of benzene rings is 1. The molecule has 0 aliphatic heterocycles. The van der Waals surface area contributed by atoms with Crippen molar-refractivity contribution in [3.63, 3.8) is 0 Å². The van der Waals surface area contributed by atoms with Crippen LogP contribution in [-0.4, -0.2) is 37.5 Å². The molecule has 0 radical (unpaired) electrons. The lowest BCUT2D eigenvalue weighted by Crippen LogP contribution is -2.57. The molecule has 4 nitrogen and oxygen atoms in total. The molecule has 0 N–H and O–H groups in total. The van der Waals surface area contributed by atoms with Gasteiger partial charge >= 0.3 is 5.97 Å². The molecule has 4 atom stereocenters. The summed E-state index contributed by atoms with van der Waals surface area (Å²) < 4.78 is 5.50. The number of amides is 1. The Hall–Kier alpha value is -1.84. The maximum atomic E-state index is 13.0. The van der Waals surface area contributed by atoms with Gasteiger partial charge in [-0.25, -0.2) is 0 Å². The number of nitrogens with zero attached hydrogens (tertiary/aromatic N) is 1. The highest BCUT2D eigenvalue weighted by molar-refractivity contribution is 5.83. The van der Waals surface area contributed by atoms with Crippen LogP contribution in [0.2, 0.25) is 0 Å². The summed E-state index contributed by atoms with van der Waals surface area (Å²) in [5.74, 6) is 0.921. The van der Waals surface area contributed by atoms with Crippen molar-refractivity contribution in [2.45, 2.75) is 43.9 Å². The number of carbonyl (C=O) groups is 2. The van der Waals surface area contributed by atoms with Crippen molar-refractivity contribution < 1.29 is 14.3 Å². The molecule has 2 unspecified atom stereocenters. The van der Waals surface area contributed by atoms with Gasteiger partial charge in [-0.05, 0) is 61.3 Å². The Morgan fingerprint density at radius 3 is 2.32 bits per heavy atom. The summed E-state index contributed by atoms with van der Waals surface area (Å²) in [5, 5.41) is 0. The molecule has 1 amide bonds. The van der Waals surface area contributed by atoms with Crippen molar-refractivity contribution in [2.24, 2.45) is 17.3 Å².